The van der Waals surface area contributed by atoms with Gasteiger partial charge in [0.1, 0.15) is 6.04 Å². The van der Waals surface area contributed by atoms with Crippen molar-refractivity contribution in [2.24, 2.45) is 11.5 Å². The average Bonchev–Trinajstić information content (AvgIpc) is 2.24. The fourth-order valence-corrected chi connectivity index (χ4v) is 0.475. The predicted octanol–water partition coefficient (Wildman–Crippen LogP) is -6.68. The third-order valence-corrected chi connectivity index (χ3v) is 1.49. The summed E-state index contributed by atoms with van der Waals surface area (Å²) in [6, 6.07) is -2.30. The molecule has 0 unspecified atom stereocenters. The predicted molar refractivity (Wildman–Crippen MR) is 52.5 cm³/mol. The van der Waals surface area contributed by atoms with E-state index in [9.17, 15) is 19.5 Å². The summed E-state index contributed by atoms with van der Waals surface area (Å²) < 4.78 is 0. The first-order valence-electron chi connectivity index (χ1n) is 4.49. The van der Waals surface area contributed by atoms with Gasteiger partial charge in [0.05, 0.1) is 12.6 Å². The number of carboxylic acid groups (broad SMARTS) is 3. The van der Waals surface area contributed by atoms with E-state index in [-0.39, 0.29) is 42.4 Å². The quantitative estimate of drug-likeness (QED) is 0.293. The molecular formula is C8H15N2NaO7. The minimum atomic E-state index is -1.42. The molecule has 0 aromatic rings. The van der Waals surface area contributed by atoms with Gasteiger partial charge >= 0.3 is 41.5 Å². The standard InChI is InChI=1S/C5H9NO4.C3H7NO3.Na/c6-3(5(9)10)1-2-4(7)8;4-2(1-5)3(6)7;/h3H,1-2,6H2,(H,7,8)(H,9,10);2,5H,1,4H2,(H,6,7);/q;;+1/p-1/t3-;2-;/m00./s1. The van der Waals surface area contributed by atoms with E-state index in [0.717, 1.165) is 0 Å². The molecule has 18 heavy (non-hydrogen) atoms. The Morgan fingerprint density at radius 3 is 1.72 bits per heavy atom. The molecule has 0 bridgehead atoms. The zero-order valence-corrected chi connectivity index (χ0v) is 11.9. The molecule has 9 nitrogen and oxygen atoms in total. The van der Waals surface area contributed by atoms with Gasteiger partial charge in [0, 0.05) is 12.5 Å². The molecule has 10 heteroatoms. The molecule has 0 amide bonds. The van der Waals surface area contributed by atoms with Gasteiger partial charge in [-0.05, 0) is 6.42 Å². The van der Waals surface area contributed by atoms with Crippen molar-refractivity contribution in [1.29, 1.82) is 0 Å². The fourth-order valence-electron chi connectivity index (χ4n) is 0.475. The van der Waals surface area contributed by atoms with Gasteiger partial charge in [-0.2, -0.15) is 0 Å². The number of rotatable bonds is 6. The van der Waals surface area contributed by atoms with Crippen molar-refractivity contribution >= 4 is 17.9 Å². The molecule has 0 radical (unpaired) electrons. The summed E-state index contributed by atoms with van der Waals surface area (Å²) in [7, 11) is 0. The molecule has 0 spiro atoms. The topological polar surface area (TPSA) is 187 Å². The van der Waals surface area contributed by atoms with E-state index in [0.29, 0.717) is 0 Å². The van der Waals surface area contributed by atoms with Crippen LogP contribution in [0.3, 0.4) is 0 Å². The van der Waals surface area contributed by atoms with Crippen LogP contribution < -0.4 is 46.1 Å². The van der Waals surface area contributed by atoms with E-state index in [1.165, 1.54) is 0 Å². The molecule has 0 aromatic heterocycles. The molecule has 2 atom stereocenters. The first-order chi connectivity index (χ1) is 7.72. The molecule has 0 aliphatic carbocycles. The Kier molecular flexibility index (Phi) is 15.9. The number of aliphatic hydroxyl groups excluding tert-OH is 1. The van der Waals surface area contributed by atoms with Crippen molar-refractivity contribution in [2.45, 2.75) is 24.9 Å². The Labute approximate surface area is 125 Å². The Morgan fingerprint density at radius 2 is 1.56 bits per heavy atom. The maximum atomic E-state index is 9.88. The minimum Gasteiger partial charge on any atom is -0.548 e. The van der Waals surface area contributed by atoms with Crippen LogP contribution in [0.25, 0.3) is 0 Å². The second kappa shape index (κ2) is 12.7. The van der Waals surface area contributed by atoms with Crippen molar-refractivity contribution in [2.75, 3.05) is 6.61 Å². The molecular weight excluding hydrogens is 259 g/mol. The van der Waals surface area contributed by atoms with Crippen LogP contribution in [-0.4, -0.2) is 51.9 Å². The number of carboxylic acids is 3. The van der Waals surface area contributed by atoms with Gasteiger partial charge in [-0.15, -0.1) is 0 Å². The van der Waals surface area contributed by atoms with E-state index in [2.05, 4.69) is 0 Å². The summed E-state index contributed by atoms with van der Waals surface area (Å²) in [4.78, 5) is 29.4. The van der Waals surface area contributed by atoms with Crippen LogP contribution >= 0.6 is 0 Å². The zero-order valence-electron chi connectivity index (χ0n) is 9.91. The van der Waals surface area contributed by atoms with Crippen LogP contribution in [0.4, 0.5) is 0 Å². The second-order valence-electron chi connectivity index (χ2n) is 2.99. The van der Waals surface area contributed by atoms with Crippen LogP contribution in [-0.2, 0) is 14.4 Å². The fraction of sp³-hybridized carbons (Fsp3) is 0.625. The molecule has 0 aliphatic rings. The maximum absolute atomic E-state index is 9.88. The van der Waals surface area contributed by atoms with Gasteiger partial charge in [-0.3, -0.25) is 9.59 Å². The first kappa shape index (κ1) is 22.5. The molecule has 100 valence electrons. The van der Waals surface area contributed by atoms with Crippen molar-refractivity contribution in [3.8, 4) is 0 Å². The summed E-state index contributed by atoms with van der Waals surface area (Å²) in [5.74, 6) is -3.65. The number of hydrogen-bond acceptors (Lipinski definition) is 7. The number of carbonyl (C=O) groups excluding carboxylic acids is 1. The molecule has 0 saturated carbocycles. The summed E-state index contributed by atoms with van der Waals surface area (Å²) in [6.45, 7) is -0.505. The Balaban J connectivity index is -0.000000251. The van der Waals surface area contributed by atoms with Crippen molar-refractivity contribution < 1.29 is 64.4 Å². The van der Waals surface area contributed by atoms with E-state index >= 15 is 0 Å². The van der Waals surface area contributed by atoms with Crippen molar-refractivity contribution in [1.82, 2.24) is 0 Å². The minimum absolute atomic E-state index is 0. The van der Waals surface area contributed by atoms with Gasteiger partial charge in [-0.1, -0.05) is 0 Å². The number of hydrogen-bond donors (Lipinski definition) is 5. The van der Waals surface area contributed by atoms with Crippen LogP contribution in [0.5, 0.6) is 0 Å². The van der Waals surface area contributed by atoms with Crippen LogP contribution in [0, 0.1) is 0 Å². The molecule has 0 aromatic carbocycles. The van der Waals surface area contributed by atoms with Gasteiger partial charge in [0.25, 0.3) is 0 Å². The zero-order chi connectivity index (χ0) is 14.0. The van der Waals surface area contributed by atoms with Crippen LogP contribution in [0.2, 0.25) is 0 Å². The van der Waals surface area contributed by atoms with Gasteiger partial charge < -0.3 is 36.7 Å². The Hall–Kier alpha value is -0.710. The van der Waals surface area contributed by atoms with Gasteiger partial charge in [0.2, 0.25) is 0 Å². The molecule has 0 aliphatic heterocycles. The SMILES string of the molecule is N[C@@H](CCC(=O)O)C(=O)[O-].N[C@@H](CO)C(=O)O.[Na+]. The normalized spacial score (nSPS) is 12.2. The second-order valence-corrected chi connectivity index (χ2v) is 2.99. The molecule has 7 N–H and O–H groups in total. The number of carbonyl (C=O) groups is 3. The average molecular weight is 274 g/mol. The van der Waals surface area contributed by atoms with Crippen molar-refractivity contribution in [3.63, 3.8) is 0 Å². The largest absolute Gasteiger partial charge is 1.00 e. The summed E-state index contributed by atoms with van der Waals surface area (Å²) in [5.41, 5.74) is 9.71. The van der Waals surface area contributed by atoms with E-state index in [4.69, 9.17) is 26.8 Å². The smallest absolute Gasteiger partial charge is 0.548 e. The summed E-state index contributed by atoms with van der Waals surface area (Å²) >= 11 is 0. The summed E-state index contributed by atoms with van der Waals surface area (Å²) in [5, 5.41) is 33.9. The summed E-state index contributed by atoms with van der Waals surface area (Å²) in [6.07, 6.45) is -0.327. The van der Waals surface area contributed by atoms with Crippen molar-refractivity contribution in [3.05, 3.63) is 0 Å². The Bertz CT molecular complexity index is 274. The molecule has 0 saturated heterocycles. The van der Waals surface area contributed by atoms with E-state index in [1.807, 2.05) is 0 Å². The maximum Gasteiger partial charge on any atom is 1.00 e. The van der Waals surface area contributed by atoms with Gasteiger partial charge in [-0.25, -0.2) is 0 Å². The van der Waals surface area contributed by atoms with Crippen LogP contribution in [0.15, 0.2) is 0 Å². The molecule has 0 rings (SSSR count). The third-order valence-electron chi connectivity index (χ3n) is 1.49. The first-order valence-corrected chi connectivity index (χ1v) is 4.49. The number of nitrogens with two attached hydrogens (primary N) is 2. The van der Waals surface area contributed by atoms with E-state index < -0.39 is 36.6 Å². The molecule has 0 fully saturated rings. The third kappa shape index (κ3) is 15.3. The van der Waals surface area contributed by atoms with E-state index in [1.54, 1.807) is 0 Å². The Morgan fingerprint density at radius 1 is 1.11 bits per heavy atom. The van der Waals surface area contributed by atoms with Crippen LogP contribution in [0.1, 0.15) is 12.8 Å². The van der Waals surface area contributed by atoms with Gasteiger partial charge in [0.15, 0.2) is 0 Å². The number of aliphatic hydroxyl groups is 1. The monoisotopic (exact) mass is 274 g/mol. The number of aliphatic carboxylic acids is 3. The molecule has 0 heterocycles.